The molecule has 0 heterocycles. The molecule has 1 rings (SSSR count). The predicted octanol–water partition coefficient (Wildman–Crippen LogP) is 2.22. The molecule has 0 aromatic heterocycles. The molecular formula is C13H18F3N3O2. The third kappa shape index (κ3) is 5.50. The standard InChI is InChI=1S/C13H18F3N3O2/c1-8(6-13(14,15)16)18-7-10-5-9(12(17)19-20)3-4-11(10)21-2/h3-5,8,18,20H,6-7H2,1-2H3,(H2,17,19). The van der Waals surface area contributed by atoms with E-state index in [0.717, 1.165) is 0 Å². The van der Waals surface area contributed by atoms with Gasteiger partial charge >= 0.3 is 6.18 Å². The average molecular weight is 305 g/mol. The molecule has 118 valence electrons. The highest BCUT2D eigenvalue weighted by atomic mass is 19.4. The molecule has 0 spiro atoms. The zero-order valence-electron chi connectivity index (χ0n) is 11.7. The Morgan fingerprint density at radius 3 is 2.67 bits per heavy atom. The van der Waals surface area contributed by atoms with Gasteiger partial charge in [0, 0.05) is 23.7 Å². The summed E-state index contributed by atoms with van der Waals surface area (Å²) in [5.74, 6) is 0.429. The van der Waals surface area contributed by atoms with Crippen molar-refractivity contribution in [3.63, 3.8) is 0 Å². The summed E-state index contributed by atoms with van der Waals surface area (Å²) in [6.45, 7) is 1.63. The molecule has 0 radical (unpaired) electrons. The van der Waals surface area contributed by atoms with Crippen LogP contribution in [0.2, 0.25) is 0 Å². The van der Waals surface area contributed by atoms with Gasteiger partial charge in [0.05, 0.1) is 13.5 Å². The first-order valence-electron chi connectivity index (χ1n) is 6.21. The lowest BCUT2D eigenvalue weighted by Crippen LogP contribution is -2.31. The lowest BCUT2D eigenvalue weighted by Gasteiger charge is -2.17. The molecule has 4 N–H and O–H groups in total. The van der Waals surface area contributed by atoms with Crippen molar-refractivity contribution < 1.29 is 23.1 Å². The van der Waals surface area contributed by atoms with E-state index in [4.69, 9.17) is 15.7 Å². The fourth-order valence-corrected chi connectivity index (χ4v) is 1.84. The Morgan fingerprint density at radius 2 is 2.14 bits per heavy atom. The van der Waals surface area contributed by atoms with Gasteiger partial charge in [-0.3, -0.25) is 0 Å². The van der Waals surface area contributed by atoms with Gasteiger partial charge in [-0.15, -0.1) is 0 Å². The van der Waals surface area contributed by atoms with Crippen LogP contribution in [0.5, 0.6) is 5.75 Å². The fraction of sp³-hybridized carbons (Fsp3) is 0.462. The minimum Gasteiger partial charge on any atom is -0.496 e. The monoisotopic (exact) mass is 305 g/mol. The van der Waals surface area contributed by atoms with E-state index in [-0.39, 0.29) is 12.4 Å². The average Bonchev–Trinajstić information content (AvgIpc) is 2.42. The van der Waals surface area contributed by atoms with Gasteiger partial charge in [0.25, 0.3) is 0 Å². The molecule has 1 atom stereocenters. The number of halogens is 3. The van der Waals surface area contributed by atoms with E-state index in [1.165, 1.54) is 14.0 Å². The summed E-state index contributed by atoms with van der Waals surface area (Å²) >= 11 is 0. The van der Waals surface area contributed by atoms with E-state index in [1.807, 2.05) is 0 Å². The molecule has 21 heavy (non-hydrogen) atoms. The number of oxime groups is 1. The summed E-state index contributed by atoms with van der Waals surface area (Å²) in [7, 11) is 1.46. The lowest BCUT2D eigenvalue weighted by molar-refractivity contribution is -0.139. The highest BCUT2D eigenvalue weighted by Gasteiger charge is 2.29. The van der Waals surface area contributed by atoms with Crippen LogP contribution in [-0.4, -0.2) is 30.4 Å². The molecule has 0 fully saturated rings. The SMILES string of the molecule is COc1ccc(/C(N)=N/O)cc1CNC(C)CC(F)(F)F. The summed E-state index contributed by atoms with van der Waals surface area (Å²) < 4.78 is 41.9. The van der Waals surface area contributed by atoms with Gasteiger partial charge in [-0.1, -0.05) is 5.16 Å². The topological polar surface area (TPSA) is 79.9 Å². The van der Waals surface area contributed by atoms with Gasteiger partial charge in [0.1, 0.15) is 5.75 Å². The highest BCUT2D eigenvalue weighted by molar-refractivity contribution is 5.97. The van der Waals surface area contributed by atoms with E-state index < -0.39 is 18.6 Å². The van der Waals surface area contributed by atoms with Gasteiger partial charge in [-0.25, -0.2) is 0 Å². The number of nitrogens with two attached hydrogens (primary N) is 1. The molecule has 0 bridgehead atoms. The number of alkyl halides is 3. The zero-order valence-corrected chi connectivity index (χ0v) is 11.7. The number of hydrogen-bond acceptors (Lipinski definition) is 4. The Balaban J connectivity index is 2.81. The van der Waals surface area contributed by atoms with Crippen LogP contribution >= 0.6 is 0 Å². The van der Waals surface area contributed by atoms with Crippen molar-refractivity contribution in [3.05, 3.63) is 29.3 Å². The van der Waals surface area contributed by atoms with Crippen molar-refractivity contribution in [1.29, 1.82) is 0 Å². The highest BCUT2D eigenvalue weighted by Crippen LogP contribution is 2.23. The van der Waals surface area contributed by atoms with Gasteiger partial charge < -0.3 is 21.0 Å². The molecular weight excluding hydrogens is 287 g/mol. The zero-order chi connectivity index (χ0) is 16.0. The maximum absolute atomic E-state index is 12.3. The smallest absolute Gasteiger partial charge is 0.390 e. The number of nitrogens with zero attached hydrogens (tertiary/aromatic N) is 1. The maximum Gasteiger partial charge on any atom is 0.390 e. The van der Waals surface area contributed by atoms with Crippen molar-refractivity contribution in [1.82, 2.24) is 5.32 Å². The number of rotatable bonds is 6. The molecule has 0 aliphatic rings. The predicted molar refractivity (Wildman–Crippen MR) is 72.5 cm³/mol. The normalized spacial score (nSPS) is 14.0. The first kappa shape index (κ1) is 17.1. The number of amidine groups is 1. The quantitative estimate of drug-likeness (QED) is 0.326. The van der Waals surface area contributed by atoms with E-state index in [0.29, 0.717) is 16.9 Å². The largest absolute Gasteiger partial charge is 0.496 e. The molecule has 1 aromatic rings. The summed E-state index contributed by atoms with van der Waals surface area (Å²) in [6.07, 6.45) is -5.14. The number of benzene rings is 1. The second-order valence-corrected chi connectivity index (χ2v) is 4.61. The summed E-state index contributed by atoms with van der Waals surface area (Å²) in [5.41, 5.74) is 6.56. The second-order valence-electron chi connectivity index (χ2n) is 4.61. The Hall–Kier alpha value is -1.96. The van der Waals surface area contributed by atoms with Gasteiger partial charge in [-0.05, 0) is 25.1 Å². The number of hydrogen-bond donors (Lipinski definition) is 3. The minimum atomic E-state index is -4.22. The van der Waals surface area contributed by atoms with Crippen molar-refractivity contribution >= 4 is 5.84 Å². The third-order valence-corrected chi connectivity index (χ3v) is 2.86. The molecule has 0 aliphatic carbocycles. The molecule has 5 nitrogen and oxygen atoms in total. The Labute approximate surface area is 120 Å². The van der Waals surface area contributed by atoms with E-state index in [9.17, 15) is 13.2 Å². The maximum atomic E-state index is 12.3. The number of ether oxygens (including phenoxy) is 1. The molecule has 0 aliphatic heterocycles. The fourth-order valence-electron chi connectivity index (χ4n) is 1.84. The molecule has 0 saturated heterocycles. The summed E-state index contributed by atoms with van der Waals surface area (Å²) in [6, 6.07) is 4.07. The molecule has 1 unspecified atom stereocenters. The lowest BCUT2D eigenvalue weighted by atomic mass is 10.1. The molecule has 0 amide bonds. The van der Waals surface area contributed by atoms with Crippen LogP contribution in [0.3, 0.4) is 0 Å². The van der Waals surface area contributed by atoms with Crippen LogP contribution in [-0.2, 0) is 6.54 Å². The molecule has 8 heteroatoms. The van der Waals surface area contributed by atoms with Crippen LogP contribution in [0.15, 0.2) is 23.4 Å². The van der Waals surface area contributed by atoms with Crippen LogP contribution in [0, 0.1) is 0 Å². The first-order chi connectivity index (χ1) is 9.76. The second kappa shape index (κ2) is 7.16. The van der Waals surface area contributed by atoms with E-state index >= 15 is 0 Å². The Morgan fingerprint density at radius 1 is 1.48 bits per heavy atom. The third-order valence-electron chi connectivity index (χ3n) is 2.86. The van der Waals surface area contributed by atoms with E-state index in [2.05, 4.69) is 10.5 Å². The molecule has 0 saturated carbocycles. The number of methoxy groups -OCH3 is 1. The van der Waals surface area contributed by atoms with Crippen molar-refractivity contribution in [2.45, 2.75) is 32.1 Å². The van der Waals surface area contributed by atoms with Crippen LogP contribution in [0.1, 0.15) is 24.5 Å². The van der Waals surface area contributed by atoms with Crippen molar-refractivity contribution in [2.75, 3.05) is 7.11 Å². The van der Waals surface area contributed by atoms with Gasteiger partial charge in [-0.2, -0.15) is 13.2 Å². The van der Waals surface area contributed by atoms with Gasteiger partial charge in [0.15, 0.2) is 5.84 Å². The summed E-state index contributed by atoms with van der Waals surface area (Å²) in [4.78, 5) is 0. The van der Waals surface area contributed by atoms with Crippen molar-refractivity contribution in [2.24, 2.45) is 10.9 Å². The van der Waals surface area contributed by atoms with Crippen molar-refractivity contribution in [3.8, 4) is 5.75 Å². The number of nitrogens with one attached hydrogen (secondary N) is 1. The Kier molecular flexibility index (Phi) is 5.83. The van der Waals surface area contributed by atoms with Gasteiger partial charge in [0.2, 0.25) is 0 Å². The Bertz CT molecular complexity index is 504. The molecule has 1 aromatic carbocycles. The van der Waals surface area contributed by atoms with E-state index in [1.54, 1.807) is 18.2 Å². The summed E-state index contributed by atoms with van der Waals surface area (Å²) in [5, 5.41) is 14.3. The minimum absolute atomic E-state index is 0.0813. The van der Waals surface area contributed by atoms with Crippen LogP contribution in [0.4, 0.5) is 13.2 Å². The van der Waals surface area contributed by atoms with Crippen LogP contribution in [0.25, 0.3) is 0 Å². The van der Waals surface area contributed by atoms with Crippen LogP contribution < -0.4 is 15.8 Å². The first-order valence-corrected chi connectivity index (χ1v) is 6.21.